The maximum Gasteiger partial charge on any atom is 0.303 e. The highest BCUT2D eigenvalue weighted by molar-refractivity contribution is 5.72. The highest BCUT2D eigenvalue weighted by Gasteiger charge is 2.07. The Balaban J connectivity index is 0. The van der Waals surface area contributed by atoms with Crippen LogP contribution in [-0.2, 0) is 17.9 Å². The number of aliphatic carboxylic acids is 1. The highest BCUT2D eigenvalue weighted by atomic mass is 20.0. The van der Waals surface area contributed by atoms with Gasteiger partial charge in [-0.25, -0.2) is 0 Å². The average molecular weight is 269 g/mol. The number of halogens is 3. The molecule has 1 rings (SSSR count). The molecule has 0 fully saturated rings. The zero-order valence-corrected chi connectivity index (χ0v) is 9.38. The molecule has 1 aromatic heterocycles. The number of hydrogen-bond donors (Lipinski definition) is 2. The van der Waals surface area contributed by atoms with E-state index in [4.69, 9.17) is 19.4 Å². The van der Waals surface area contributed by atoms with Gasteiger partial charge in [-0.3, -0.25) is 14.3 Å². The van der Waals surface area contributed by atoms with E-state index < -0.39 is 5.97 Å². The first-order chi connectivity index (χ1) is 8.19. The molecule has 8 heteroatoms. The van der Waals surface area contributed by atoms with E-state index in [1.165, 1.54) is 0 Å². The highest BCUT2D eigenvalue weighted by Crippen LogP contribution is 2.09. The number of aldehydes is 1. The summed E-state index contributed by atoms with van der Waals surface area (Å²) in [5, 5.41) is 17.4. The Morgan fingerprint density at radius 1 is 1.39 bits per heavy atom. The van der Waals surface area contributed by atoms with Crippen molar-refractivity contribution in [3.63, 3.8) is 0 Å². The van der Waals surface area contributed by atoms with Gasteiger partial charge >= 0.3 is 5.97 Å². The van der Waals surface area contributed by atoms with Crippen LogP contribution in [0.25, 0.3) is 0 Å². The molecule has 0 aromatic carbocycles. The van der Waals surface area contributed by atoms with Crippen LogP contribution in [-0.4, -0.2) is 27.0 Å². The molecule has 0 unspecified atom stereocenters. The fraction of sp³-hybridized carbons (Fsp3) is 0.400. The molecular formula is C10H14F3NO4. The second-order valence-corrected chi connectivity index (χ2v) is 3.17. The Morgan fingerprint density at radius 3 is 2.44 bits per heavy atom. The molecule has 0 atom stereocenters. The van der Waals surface area contributed by atoms with E-state index in [2.05, 4.69) is 0 Å². The maximum absolute atomic E-state index is 10.6. The average Bonchev–Trinajstić information content (AvgIpc) is 2.73. The molecule has 0 spiro atoms. The van der Waals surface area contributed by atoms with Gasteiger partial charge in [0.05, 0.1) is 12.3 Å². The van der Waals surface area contributed by atoms with Crippen molar-refractivity contribution in [3.05, 3.63) is 23.5 Å². The van der Waals surface area contributed by atoms with E-state index in [0.29, 0.717) is 30.6 Å². The minimum absolute atomic E-state index is 0. The molecule has 5 nitrogen and oxygen atoms in total. The van der Waals surface area contributed by atoms with Gasteiger partial charge in [0.25, 0.3) is 0 Å². The monoisotopic (exact) mass is 269 g/mol. The summed E-state index contributed by atoms with van der Waals surface area (Å²) in [4.78, 5) is 20.9. The molecule has 0 aliphatic rings. The summed E-state index contributed by atoms with van der Waals surface area (Å²) >= 11 is 0. The fourth-order valence-corrected chi connectivity index (χ4v) is 1.43. The summed E-state index contributed by atoms with van der Waals surface area (Å²) in [7, 11) is 0. The van der Waals surface area contributed by atoms with E-state index in [1.54, 1.807) is 16.7 Å². The second-order valence-electron chi connectivity index (χ2n) is 3.17. The number of carbonyl (C=O) groups is 2. The van der Waals surface area contributed by atoms with Gasteiger partial charge in [-0.1, -0.05) is 0 Å². The van der Waals surface area contributed by atoms with E-state index >= 15 is 0 Å². The van der Waals surface area contributed by atoms with E-state index in [-0.39, 0.29) is 17.7 Å². The standard InChI is InChI=1S/C10H13NO4.F2.FH/c12-6-8-3-4-9(7-13)11(8)5-1-2-10(14)15;1-2;/h3-4,6,13H,1-2,5,7H2,(H,14,15);;1H. The Bertz CT molecular complexity index is 368. The molecule has 0 aliphatic heterocycles. The molecule has 0 saturated heterocycles. The molecule has 0 bridgehead atoms. The summed E-state index contributed by atoms with van der Waals surface area (Å²) in [5.74, 6) is -0.861. The van der Waals surface area contributed by atoms with Crippen LogP contribution < -0.4 is 0 Å². The third-order valence-corrected chi connectivity index (χ3v) is 2.16. The minimum Gasteiger partial charge on any atom is -0.481 e. The van der Waals surface area contributed by atoms with Crippen molar-refractivity contribution in [1.29, 1.82) is 0 Å². The number of aromatic nitrogens is 1. The largest absolute Gasteiger partial charge is 0.481 e. The Hall–Kier alpha value is -1.83. The molecule has 0 radical (unpaired) electrons. The van der Waals surface area contributed by atoms with Crippen LogP contribution in [0, 0.1) is 0 Å². The molecule has 0 saturated carbocycles. The zero-order chi connectivity index (χ0) is 13.3. The van der Waals surface area contributed by atoms with Gasteiger partial charge in [-0.2, -0.15) is 0 Å². The molecular weight excluding hydrogens is 255 g/mol. The Kier molecular flexibility index (Phi) is 10.6. The van der Waals surface area contributed by atoms with Crippen LogP contribution in [0.4, 0.5) is 13.9 Å². The smallest absolute Gasteiger partial charge is 0.303 e. The van der Waals surface area contributed by atoms with Crippen LogP contribution >= 0.6 is 0 Å². The number of carboxylic acid groups (broad SMARTS) is 1. The topological polar surface area (TPSA) is 79.5 Å². The van der Waals surface area contributed by atoms with E-state index in [9.17, 15) is 9.59 Å². The predicted octanol–water partition coefficient (Wildman–Crippen LogP) is 1.65. The molecule has 0 amide bonds. The lowest BCUT2D eigenvalue weighted by molar-refractivity contribution is -0.137. The summed E-state index contributed by atoms with van der Waals surface area (Å²) in [5.41, 5.74) is 1.09. The second kappa shape index (κ2) is 10.3. The molecule has 0 aliphatic carbocycles. The maximum atomic E-state index is 10.6. The van der Waals surface area contributed by atoms with Gasteiger partial charge in [0, 0.05) is 27.8 Å². The van der Waals surface area contributed by atoms with Crippen LogP contribution in [0.1, 0.15) is 29.0 Å². The number of rotatable bonds is 6. The number of aliphatic hydroxyl groups is 1. The van der Waals surface area contributed by atoms with Gasteiger partial charge in [0.1, 0.15) is 0 Å². The number of carbonyl (C=O) groups excluding carboxylic acids is 1. The number of aliphatic hydroxyl groups excluding tert-OH is 1. The van der Waals surface area contributed by atoms with Crippen molar-refractivity contribution in [2.24, 2.45) is 0 Å². The lowest BCUT2D eigenvalue weighted by Gasteiger charge is -2.08. The van der Waals surface area contributed by atoms with Crippen molar-refractivity contribution in [3.8, 4) is 0 Å². The first-order valence-electron chi connectivity index (χ1n) is 4.79. The number of nitrogens with zero attached hydrogens (tertiary/aromatic N) is 1. The third kappa shape index (κ3) is 5.48. The summed E-state index contributed by atoms with van der Waals surface area (Å²) in [6.07, 6.45) is 1.19. The van der Waals surface area contributed by atoms with Crippen molar-refractivity contribution in [2.45, 2.75) is 26.0 Å². The third-order valence-electron chi connectivity index (χ3n) is 2.16. The molecule has 1 aromatic rings. The van der Waals surface area contributed by atoms with Crippen LogP contribution in [0.15, 0.2) is 12.1 Å². The Labute approximate surface area is 101 Å². The molecule has 104 valence electrons. The van der Waals surface area contributed by atoms with Gasteiger partial charge in [0.15, 0.2) is 6.29 Å². The fourth-order valence-electron chi connectivity index (χ4n) is 1.43. The van der Waals surface area contributed by atoms with Crippen molar-refractivity contribution in [2.75, 3.05) is 0 Å². The normalized spacial score (nSPS) is 8.83. The summed E-state index contributed by atoms with van der Waals surface area (Å²) < 4.78 is 17.6. The predicted molar refractivity (Wildman–Crippen MR) is 57.3 cm³/mol. The zero-order valence-electron chi connectivity index (χ0n) is 9.38. The van der Waals surface area contributed by atoms with Crippen molar-refractivity contribution >= 4 is 12.3 Å². The van der Waals surface area contributed by atoms with Gasteiger partial charge in [0.2, 0.25) is 0 Å². The lowest BCUT2D eigenvalue weighted by atomic mass is 10.3. The number of carboxylic acids is 1. The van der Waals surface area contributed by atoms with Crippen molar-refractivity contribution in [1.82, 2.24) is 4.57 Å². The van der Waals surface area contributed by atoms with Crippen LogP contribution in [0.2, 0.25) is 0 Å². The number of hydrogen-bond acceptors (Lipinski definition) is 3. The molecule has 2 N–H and O–H groups in total. The first kappa shape index (κ1) is 18.5. The van der Waals surface area contributed by atoms with E-state index in [1.807, 2.05) is 0 Å². The summed E-state index contributed by atoms with van der Waals surface area (Å²) in [6, 6.07) is 3.27. The SMILES string of the molecule is F.FF.O=Cc1ccc(CO)n1CCCC(=O)O. The van der Waals surface area contributed by atoms with Crippen LogP contribution in [0.5, 0.6) is 0 Å². The molecule has 1 heterocycles. The summed E-state index contributed by atoms with van der Waals surface area (Å²) in [6.45, 7) is 0.282. The van der Waals surface area contributed by atoms with Gasteiger partial charge < -0.3 is 14.8 Å². The minimum atomic E-state index is -0.861. The van der Waals surface area contributed by atoms with Crippen LogP contribution in [0.3, 0.4) is 0 Å². The first-order valence-corrected chi connectivity index (χ1v) is 4.79. The van der Waals surface area contributed by atoms with E-state index in [0.717, 1.165) is 0 Å². The van der Waals surface area contributed by atoms with Gasteiger partial charge in [-0.15, -0.1) is 0 Å². The van der Waals surface area contributed by atoms with Gasteiger partial charge in [-0.05, 0) is 18.6 Å². The Morgan fingerprint density at radius 2 is 2.00 bits per heavy atom. The molecule has 18 heavy (non-hydrogen) atoms. The van der Waals surface area contributed by atoms with Crippen molar-refractivity contribution < 1.29 is 33.7 Å². The lowest BCUT2D eigenvalue weighted by Crippen LogP contribution is -2.08. The quantitative estimate of drug-likeness (QED) is 0.769.